The summed E-state index contributed by atoms with van der Waals surface area (Å²) >= 11 is 0. The van der Waals surface area contributed by atoms with Crippen LogP contribution in [0, 0.1) is 0 Å². The second kappa shape index (κ2) is 7.77. The molecule has 0 aromatic carbocycles. The number of pyridine rings is 1. The van der Waals surface area contributed by atoms with Gasteiger partial charge in [-0.15, -0.1) is 0 Å². The van der Waals surface area contributed by atoms with E-state index in [-0.39, 0.29) is 5.91 Å². The van der Waals surface area contributed by atoms with Gasteiger partial charge in [0, 0.05) is 31.9 Å². The largest absolute Gasteiger partial charge is 0.373 e. The van der Waals surface area contributed by atoms with E-state index in [4.69, 9.17) is 0 Å². The molecule has 19 heavy (non-hydrogen) atoms. The van der Waals surface area contributed by atoms with E-state index in [9.17, 15) is 4.79 Å². The highest BCUT2D eigenvalue weighted by molar-refractivity contribution is 5.94. The minimum Gasteiger partial charge on any atom is -0.373 e. The van der Waals surface area contributed by atoms with Crippen LogP contribution in [0.4, 0.5) is 5.82 Å². The van der Waals surface area contributed by atoms with Crippen LogP contribution in [-0.2, 0) is 6.42 Å². The molecule has 0 radical (unpaired) electrons. The highest BCUT2D eigenvalue weighted by atomic mass is 16.2. The number of aryl methyl sites for hydroxylation is 1. The van der Waals surface area contributed by atoms with Gasteiger partial charge in [0.1, 0.15) is 5.82 Å². The number of anilines is 1. The van der Waals surface area contributed by atoms with Gasteiger partial charge < -0.3 is 10.2 Å². The van der Waals surface area contributed by atoms with Gasteiger partial charge in [-0.05, 0) is 25.0 Å². The van der Waals surface area contributed by atoms with Gasteiger partial charge >= 0.3 is 0 Å². The zero-order chi connectivity index (χ0) is 14.3. The van der Waals surface area contributed by atoms with Crippen molar-refractivity contribution < 1.29 is 4.79 Å². The fraction of sp³-hybridized carbons (Fsp3) is 0.600. The van der Waals surface area contributed by atoms with Crippen LogP contribution in [-0.4, -0.2) is 36.4 Å². The van der Waals surface area contributed by atoms with Gasteiger partial charge in [0.05, 0.1) is 0 Å². The standard InChI is InChI=1S/C15H25N3O/c1-5-7-8-9-18(4)15(19)12-10-13(6-2)17-14(11-12)16-3/h10-11H,5-9H2,1-4H3,(H,16,17). The molecule has 1 rings (SSSR count). The molecular formula is C15H25N3O. The summed E-state index contributed by atoms with van der Waals surface area (Å²) in [5.74, 6) is 0.828. The lowest BCUT2D eigenvalue weighted by molar-refractivity contribution is 0.0792. The molecule has 0 aliphatic carbocycles. The zero-order valence-electron chi connectivity index (χ0n) is 12.5. The molecule has 4 heteroatoms. The molecule has 0 spiro atoms. The molecule has 1 amide bonds. The first-order valence-electron chi connectivity index (χ1n) is 7.06. The normalized spacial score (nSPS) is 10.3. The van der Waals surface area contributed by atoms with E-state index in [0.29, 0.717) is 0 Å². The predicted octanol–water partition coefficient (Wildman–Crippen LogP) is 2.95. The number of nitrogens with one attached hydrogen (secondary N) is 1. The van der Waals surface area contributed by atoms with Crippen LogP contribution in [0.5, 0.6) is 0 Å². The molecule has 4 nitrogen and oxygen atoms in total. The molecule has 1 aromatic rings. The van der Waals surface area contributed by atoms with Gasteiger partial charge in [-0.1, -0.05) is 26.7 Å². The van der Waals surface area contributed by atoms with Gasteiger partial charge in [0.25, 0.3) is 5.91 Å². The second-order valence-corrected chi connectivity index (χ2v) is 4.77. The van der Waals surface area contributed by atoms with Crippen molar-refractivity contribution in [3.63, 3.8) is 0 Å². The Morgan fingerprint density at radius 3 is 2.63 bits per heavy atom. The number of hydrogen-bond donors (Lipinski definition) is 1. The van der Waals surface area contributed by atoms with Crippen molar-refractivity contribution in [3.8, 4) is 0 Å². The summed E-state index contributed by atoms with van der Waals surface area (Å²) in [6, 6.07) is 3.71. The number of amides is 1. The fourth-order valence-corrected chi connectivity index (χ4v) is 1.94. The van der Waals surface area contributed by atoms with Gasteiger partial charge in [0.2, 0.25) is 0 Å². The fourth-order valence-electron chi connectivity index (χ4n) is 1.94. The molecule has 0 saturated heterocycles. The predicted molar refractivity (Wildman–Crippen MR) is 79.6 cm³/mol. The summed E-state index contributed by atoms with van der Waals surface area (Å²) in [6.07, 6.45) is 4.22. The van der Waals surface area contributed by atoms with E-state index in [1.165, 1.54) is 6.42 Å². The van der Waals surface area contributed by atoms with Gasteiger partial charge in [-0.3, -0.25) is 4.79 Å². The average molecular weight is 263 g/mol. The highest BCUT2D eigenvalue weighted by Gasteiger charge is 2.13. The zero-order valence-corrected chi connectivity index (χ0v) is 12.5. The Morgan fingerprint density at radius 2 is 2.05 bits per heavy atom. The number of aromatic nitrogens is 1. The lowest BCUT2D eigenvalue weighted by Gasteiger charge is -2.18. The van der Waals surface area contributed by atoms with E-state index in [0.717, 1.165) is 42.9 Å². The SMILES string of the molecule is CCCCCN(C)C(=O)c1cc(CC)nc(NC)c1. The van der Waals surface area contributed by atoms with E-state index in [1.54, 1.807) is 4.90 Å². The molecule has 1 heterocycles. The summed E-state index contributed by atoms with van der Waals surface area (Å²) in [7, 11) is 3.68. The Kier molecular flexibility index (Phi) is 6.33. The van der Waals surface area contributed by atoms with Gasteiger partial charge in [-0.2, -0.15) is 0 Å². The number of hydrogen-bond acceptors (Lipinski definition) is 3. The third kappa shape index (κ3) is 4.54. The van der Waals surface area contributed by atoms with E-state index in [1.807, 2.05) is 33.2 Å². The quantitative estimate of drug-likeness (QED) is 0.769. The second-order valence-electron chi connectivity index (χ2n) is 4.77. The van der Waals surface area contributed by atoms with Gasteiger partial charge in [-0.25, -0.2) is 4.98 Å². The summed E-state index contributed by atoms with van der Waals surface area (Å²) in [5.41, 5.74) is 1.66. The monoisotopic (exact) mass is 263 g/mol. The van der Waals surface area contributed by atoms with Crippen LogP contribution in [0.2, 0.25) is 0 Å². The number of nitrogens with zero attached hydrogens (tertiary/aromatic N) is 2. The first-order valence-corrected chi connectivity index (χ1v) is 7.06. The number of rotatable bonds is 7. The van der Waals surface area contributed by atoms with Crippen molar-refractivity contribution in [3.05, 3.63) is 23.4 Å². The van der Waals surface area contributed by atoms with E-state index >= 15 is 0 Å². The smallest absolute Gasteiger partial charge is 0.253 e. The maximum atomic E-state index is 12.3. The lowest BCUT2D eigenvalue weighted by atomic mass is 10.1. The van der Waals surface area contributed by atoms with Crippen LogP contribution in [0.25, 0.3) is 0 Å². The topological polar surface area (TPSA) is 45.2 Å². The first kappa shape index (κ1) is 15.5. The molecule has 1 aromatic heterocycles. The lowest BCUT2D eigenvalue weighted by Crippen LogP contribution is -2.28. The van der Waals surface area contributed by atoms with Crippen molar-refractivity contribution in [2.75, 3.05) is 26.0 Å². The van der Waals surface area contributed by atoms with Crippen LogP contribution < -0.4 is 5.32 Å². The Balaban J connectivity index is 2.80. The third-order valence-corrected chi connectivity index (χ3v) is 3.19. The van der Waals surface area contributed by atoms with Crippen molar-refractivity contribution in [2.45, 2.75) is 39.5 Å². The first-order chi connectivity index (χ1) is 9.12. The molecule has 1 N–H and O–H groups in total. The molecule has 0 bridgehead atoms. The Hall–Kier alpha value is -1.58. The summed E-state index contributed by atoms with van der Waals surface area (Å²) in [4.78, 5) is 18.5. The van der Waals surface area contributed by atoms with Crippen molar-refractivity contribution in [1.82, 2.24) is 9.88 Å². The van der Waals surface area contributed by atoms with Crippen molar-refractivity contribution in [1.29, 1.82) is 0 Å². The molecule has 0 saturated carbocycles. The van der Waals surface area contributed by atoms with Crippen LogP contribution in [0.1, 0.15) is 49.2 Å². The van der Waals surface area contributed by atoms with E-state index in [2.05, 4.69) is 17.2 Å². The summed E-state index contributed by atoms with van der Waals surface area (Å²) in [6.45, 7) is 5.02. The van der Waals surface area contributed by atoms with E-state index < -0.39 is 0 Å². The minimum absolute atomic E-state index is 0.0738. The third-order valence-electron chi connectivity index (χ3n) is 3.19. The molecule has 0 fully saturated rings. The summed E-state index contributed by atoms with van der Waals surface area (Å²) in [5, 5.41) is 3.01. The molecule has 106 valence electrons. The minimum atomic E-state index is 0.0738. The van der Waals surface area contributed by atoms with Crippen LogP contribution >= 0.6 is 0 Å². The number of unbranched alkanes of at least 4 members (excludes halogenated alkanes) is 2. The number of carbonyl (C=O) groups excluding carboxylic acids is 1. The Labute approximate surface area is 116 Å². The van der Waals surface area contributed by atoms with Gasteiger partial charge in [0.15, 0.2) is 0 Å². The van der Waals surface area contributed by atoms with Crippen LogP contribution in [0.3, 0.4) is 0 Å². The molecular weight excluding hydrogens is 238 g/mol. The highest BCUT2D eigenvalue weighted by Crippen LogP contribution is 2.13. The number of carbonyl (C=O) groups is 1. The Bertz CT molecular complexity index is 396. The molecule has 0 aliphatic rings. The maximum absolute atomic E-state index is 12.3. The van der Waals surface area contributed by atoms with Crippen molar-refractivity contribution >= 4 is 11.7 Å². The molecule has 0 atom stereocenters. The Morgan fingerprint density at radius 1 is 1.32 bits per heavy atom. The van der Waals surface area contributed by atoms with Crippen LogP contribution in [0.15, 0.2) is 12.1 Å². The summed E-state index contributed by atoms with van der Waals surface area (Å²) < 4.78 is 0. The molecule has 0 aliphatic heterocycles. The average Bonchev–Trinajstić information content (AvgIpc) is 2.45. The van der Waals surface area contributed by atoms with Crippen molar-refractivity contribution in [2.24, 2.45) is 0 Å². The molecule has 0 unspecified atom stereocenters. The maximum Gasteiger partial charge on any atom is 0.253 e.